The lowest BCUT2D eigenvalue weighted by Gasteiger charge is -2.04. The average molecular weight is 386 g/mol. The molecule has 2 heterocycles. The second-order valence-electron chi connectivity index (χ2n) is 5.77. The predicted octanol–water partition coefficient (Wildman–Crippen LogP) is 4.01. The van der Waals surface area contributed by atoms with Crippen LogP contribution in [0.2, 0.25) is 0 Å². The summed E-state index contributed by atoms with van der Waals surface area (Å²) in [5.74, 6) is 0.334. The van der Waals surface area contributed by atoms with Crippen LogP contribution >= 0.6 is 11.3 Å². The third-order valence-electron chi connectivity index (χ3n) is 3.98. The van der Waals surface area contributed by atoms with Gasteiger partial charge in [0.15, 0.2) is 0 Å². The van der Waals surface area contributed by atoms with Crippen molar-refractivity contribution in [2.75, 3.05) is 5.32 Å². The predicted molar refractivity (Wildman–Crippen MR) is 102 cm³/mol. The van der Waals surface area contributed by atoms with E-state index in [9.17, 15) is 14.9 Å². The Kier molecular flexibility index (Phi) is 5.51. The molecule has 0 aliphatic rings. The first-order chi connectivity index (χ1) is 13.0. The van der Waals surface area contributed by atoms with E-state index in [1.807, 2.05) is 23.9 Å². The van der Waals surface area contributed by atoms with Crippen LogP contribution in [-0.2, 0) is 13.2 Å². The van der Waals surface area contributed by atoms with E-state index in [1.54, 1.807) is 24.4 Å². The zero-order chi connectivity index (χ0) is 19.4. The van der Waals surface area contributed by atoms with Crippen LogP contribution in [0.25, 0.3) is 0 Å². The number of benzene rings is 1. The summed E-state index contributed by atoms with van der Waals surface area (Å²) in [5, 5.41) is 19.6. The molecule has 1 N–H and O–H groups in total. The molecule has 0 aliphatic carbocycles. The number of nitro benzene ring substituents is 1. The minimum atomic E-state index is -0.459. The van der Waals surface area contributed by atoms with Crippen LogP contribution in [-0.4, -0.2) is 20.6 Å². The second kappa shape index (κ2) is 8.00. The summed E-state index contributed by atoms with van der Waals surface area (Å²) in [6.45, 7) is 4.91. The monoisotopic (exact) mass is 386 g/mol. The van der Waals surface area contributed by atoms with E-state index < -0.39 is 4.92 Å². The number of nitrogens with zero attached hydrogens (tertiary/aromatic N) is 3. The fourth-order valence-corrected chi connectivity index (χ4v) is 3.26. The van der Waals surface area contributed by atoms with Crippen molar-refractivity contribution in [3.05, 3.63) is 68.2 Å². The molecule has 3 rings (SSSR count). The number of ether oxygens (including phenoxy) is 1. The van der Waals surface area contributed by atoms with Gasteiger partial charge >= 0.3 is 0 Å². The van der Waals surface area contributed by atoms with Crippen molar-refractivity contribution in [1.82, 2.24) is 9.78 Å². The van der Waals surface area contributed by atoms with Crippen LogP contribution in [0, 0.1) is 17.0 Å². The van der Waals surface area contributed by atoms with Crippen LogP contribution in [0.15, 0.2) is 41.9 Å². The third kappa shape index (κ3) is 4.32. The van der Waals surface area contributed by atoms with Gasteiger partial charge in [-0.2, -0.15) is 5.10 Å². The van der Waals surface area contributed by atoms with Crippen molar-refractivity contribution < 1.29 is 14.5 Å². The van der Waals surface area contributed by atoms with E-state index in [1.165, 1.54) is 23.5 Å². The summed E-state index contributed by atoms with van der Waals surface area (Å²) in [5.41, 5.74) is 2.46. The fraction of sp³-hybridized carbons (Fsp3) is 0.222. The van der Waals surface area contributed by atoms with Crippen molar-refractivity contribution in [3.63, 3.8) is 0 Å². The number of amides is 1. The van der Waals surface area contributed by atoms with Gasteiger partial charge < -0.3 is 10.1 Å². The molecule has 3 aromatic rings. The number of non-ortho nitro benzene ring substituents is 1. The van der Waals surface area contributed by atoms with E-state index in [4.69, 9.17) is 4.74 Å². The fourth-order valence-electron chi connectivity index (χ4n) is 2.47. The first-order valence-corrected chi connectivity index (χ1v) is 9.14. The van der Waals surface area contributed by atoms with E-state index >= 15 is 0 Å². The van der Waals surface area contributed by atoms with E-state index in [2.05, 4.69) is 10.4 Å². The van der Waals surface area contributed by atoms with Crippen LogP contribution in [0.3, 0.4) is 0 Å². The number of carbonyl (C=O) groups excluding carboxylic acids is 1. The summed E-state index contributed by atoms with van der Waals surface area (Å²) < 4.78 is 7.43. The van der Waals surface area contributed by atoms with Crippen molar-refractivity contribution in [2.45, 2.75) is 27.0 Å². The Morgan fingerprint density at radius 3 is 2.74 bits per heavy atom. The van der Waals surface area contributed by atoms with Crippen molar-refractivity contribution in [2.24, 2.45) is 0 Å². The minimum absolute atomic E-state index is 0.0125. The molecule has 1 aromatic carbocycles. The summed E-state index contributed by atoms with van der Waals surface area (Å²) in [4.78, 5) is 23.2. The van der Waals surface area contributed by atoms with E-state index in [-0.39, 0.29) is 18.2 Å². The Hall–Kier alpha value is -3.20. The Morgan fingerprint density at radius 2 is 2.11 bits per heavy atom. The molecule has 0 spiro atoms. The van der Waals surface area contributed by atoms with Gasteiger partial charge in [0.2, 0.25) is 0 Å². The lowest BCUT2D eigenvalue weighted by Crippen LogP contribution is -2.11. The molecule has 8 nitrogen and oxygen atoms in total. The highest BCUT2D eigenvalue weighted by molar-refractivity contribution is 7.12. The topological polar surface area (TPSA) is 99.3 Å². The maximum Gasteiger partial charge on any atom is 0.269 e. The maximum absolute atomic E-state index is 12.4. The summed E-state index contributed by atoms with van der Waals surface area (Å²) >= 11 is 1.33. The second-order valence-corrected chi connectivity index (χ2v) is 6.68. The number of hydrogen-bond donors (Lipinski definition) is 1. The largest absolute Gasteiger partial charge is 0.489 e. The number of nitrogens with one attached hydrogen (secondary N) is 1. The number of carbonyl (C=O) groups is 1. The van der Waals surface area contributed by atoms with Crippen LogP contribution < -0.4 is 10.1 Å². The van der Waals surface area contributed by atoms with Crippen LogP contribution in [0.5, 0.6) is 5.75 Å². The van der Waals surface area contributed by atoms with Crippen molar-refractivity contribution >= 4 is 28.6 Å². The number of aromatic nitrogens is 2. The highest BCUT2D eigenvalue weighted by atomic mass is 32.1. The van der Waals surface area contributed by atoms with Gasteiger partial charge in [-0.1, -0.05) is 0 Å². The zero-order valence-corrected chi connectivity index (χ0v) is 15.7. The maximum atomic E-state index is 12.4. The van der Waals surface area contributed by atoms with Crippen molar-refractivity contribution in [1.29, 1.82) is 0 Å². The van der Waals surface area contributed by atoms with E-state index in [0.29, 0.717) is 16.3 Å². The molecule has 0 radical (unpaired) electrons. The molecule has 0 saturated carbocycles. The first-order valence-electron chi connectivity index (χ1n) is 8.26. The number of hydrogen-bond acceptors (Lipinski definition) is 6. The van der Waals surface area contributed by atoms with Gasteiger partial charge in [-0.15, -0.1) is 11.3 Å². The summed E-state index contributed by atoms with van der Waals surface area (Å²) in [6.07, 6.45) is 1.64. The molecule has 9 heteroatoms. The molecule has 0 unspecified atom stereocenters. The Labute approximate surface area is 159 Å². The summed E-state index contributed by atoms with van der Waals surface area (Å²) in [7, 11) is 0. The van der Waals surface area contributed by atoms with Gasteiger partial charge in [-0.25, -0.2) is 0 Å². The Balaban J connectivity index is 1.59. The molecule has 1 amide bonds. The van der Waals surface area contributed by atoms with Gasteiger partial charge in [0, 0.05) is 24.2 Å². The Bertz CT molecular complexity index is 962. The smallest absolute Gasteiger partial charge is 0.269 e. The number of aryl methyl sites for hydroxylation is 1. The highest BCUT2D eigenvalue weighted by Crippen LogP contribution is 2.22. The minimum Gasteiger partial charge on any atom is -0.489 e. The lowest BCUT2D eigenvalue weighted by atomic mass is 10.3. The third-order valence-corrected chi connectivity index (χ3v) is 4.96. The standard InChI is InChI=1S/C18H18N4O4S/c1-3-21-12(2)16(9-19-21)20-18(23)17-8-13(11-27-17)10-26-15-6-4-14(5-7-15)22(24)25/h4-9,11H,3,10H2,1-2H3,(H,20,23). The molecule has 0 aliphatic heterocycles. The van der Waals surface area contributed by atoms with Gasteiger partial charge in [0.1, 0.15) is 12.4 Å². The van der Waals surface area contributed by atoms with Crippen LogP contribution in [0.4, 0.5) is 11.4 Å². The number of nitro groups is 1. The van der Waals surface area contributed by atoms with Gasteiger partial charge in [-0.3, -0.25) is 19.6 Å². The molecule has 0 bridgehead atoms. The van der Waals surface area contributed by atoms with Gasteiger partial charge in [0.05, 0.1) is 27.4 Å². The van der Waals surface area contributed by atoms with E-state index in [0.717, 1.165) is 17.8 Å². The SMILES string of the molecule is CCn1ncc(NC(=O)c2cc(COc3ccc([N+](=O)[O-])cc3)cs2)c1C. The number of rotatable bonds is 7. The number of thiophene rings is 1. The quantitative estimate of drug-likeness (QED) is 0.488. The molecule has 0 fully saturated rings. The molecule has 27 heavy (non-hydrogen) atoms. The Morgan fingerprint density at radius 1 is 1.37 bits per heavy atom. The van der Waals surface area contributed by atoms with Gasteiger partial charge in [0.25, 0.3) is 11.6 Å². The van der Waals surface area contributed by atoms with Crippen molar-refractivity contribution in [3.8, 4) is 5.75 Å². The lowest BCUT2D eigenvalue weighted by molar-refractivity contribution is -0.384. The van der Waals surface area contributed by atoms with Gasteiger partial charge in [-0.05, 0) is 37.4 Å². The highest BCUT2D eigenvalue weighted by Gasteiger charge is 2.13. The molecule has 0 atom stereocenters. The molecule has 2 aromatic heterocycles. The molecule has 0 saturated heterocycles. The number of anilines is 1. The molecular weight excluding hydrogens is 368 g/mol. The average Bonchev–Trinajstić information content (AvgIpc) is 3.27. The molecular formula is C18H18N4O4S. The molecule has 140 valence electrons. The first kappa shape index (κ1) is 18.6. The zero-order valence-electron chi connectivity index (χ0n) is 14.8. The normalized spacial score (nSPS) is 10.6. The summed E-state index contributed by atoms with van der Waals surface area (Å²) in [6, 6.07) is 7.64. The van der Waals surface area contributed by atoms with Crippen LogP contribution in [0.1, 0.15) is 27.9 Å².